The first kappa shape index (κ1) is 6.73. The Kier molecular flexibility index (Phi) is 1.66. The molecule has 1 aromatic rings. The number of aryl methyl sites for hydroxylation is 1. The summed E-state index contributed by atoms with van der Waals surface area (Å²) in [6.07, 6.45) is 0. The molecule has 0 aliphatic rings. The molecule has 54 valence electrons. The number of oxime groups is 1. The van der Waals surface area contributed by atoms with Crippen molar-refractivity contribution in [2.75, 3.05) is 0 Å². The van der Waals surface area contributed by atoms with Crippen LogP contribution in [0.3, 0.4) is 0 Å². The van der Waals surface area contributed by atoms with E-state index in [9.17, 15) is 0 Å². The molecule has 1 aromatic heterocycles. The molecule has 0 unspecified atom stereocenters. The summed E-state index contributed by atoms with van der Waals surface area (Å²) >= 11 is 0. The standard InChI is InChI=1S/C5H7N3O2/c1-3(6-9)5-4(2)7-10-8-5/h9H,1-2H3. The van der Waals surface area contributed by atoms with Crippen LogP contribution in [0.15, 0.2) is 9.78 Å². The zero-order valence-corrected chi connectivity index (χ0v) is 5.70. The van der Waals surface area contributed by atoms with Crippen LogP contribution < -0.4 is 0 Å². The second-order valence-corrected chi connectivity index (χ2v) is 1.88. The lowest BCUT2D eigenvalue weighted by Crippen LogP contribution is -1.96. The lowest BCUT2D eigenvalue weighted by molar-refractivity contribution is 0.302. The highest BCUT2D eigenvalue weighted by Gasteiger charge is 2.07. The minimum atomic E-state index is 0.402. The maximum Gasteiger partial charge on any atom is 0.155 e. The van der Waals surface area contributed by atoms with Gasteiger partial charge < -0.3 is 5.21 Å². The smallest absolute Gasteiger partial charge is 0.155 e. The van der Waals surface area contributed by atoms with Crippen LogP contribution in [0.2, 0.25) is 0 Å². The number of hydrogen-bond acceptors (Lipinski definition) is 5. The van der Waals surface area contributed by atoms with Gasteiger partial charge in [-0.15, -0.1) is 0 Å². The van der Waals surface area contributed by atoms with Crippen LogP contribution in [0.25, 0.3) is 0 Å². The second-order valence-electron chi connectivity index (χ2n) is 1.88. The normalized spacial score (nSPS) is 12.0. The van der Waals surface area contributed by atoms with Crippen LogP contribution in [0.1, 0.15) is 18.3 Å². The van der Waals surface area contributed by atoms with Crippen LogP contribution in [0, 0.1) is 6.92 Å². The van der Waals surface area contributed by atoms with Gasteiger partial charge >= 0.3 is 0 Å². The largest absolute Gasteiger partial charge is 0.411 e. The molecule has 5 heteroatoms. The molecule has 0 spiro atoms. The Balaban J connectivity index is 3.05. The van der Waals surface area contributed by atoms with Gasteiger partial charge in [-0.05, 0) is 19.0 Å². The van der Waals surface area contributed by atoms with Crippen LogP contribution >= 0.6 is 0 Å². The zero-order valence-electron chi connectivity index (χ0n) is 5.70. The van der Waals surface area contributed by atoms with E-state index in [1.165, 1.54) is 0 Å². The molecular weight excluding hydrogens is 134 g/mol. The number of hydrogen-bond donors (Lipinski definition) is 1. The van der Waals surface area contributed by atoms with Gasteiger partial charge in [0.1, 0.15) is 11.4 Å². The lowest BCUT2D eigenvalue weighted by atomic mass is 10.2. The third-order valence-electron chi connectivity index (χ3n) is 1.15. The molecular formula is C5H7N3O2. The van der Waals surface area contributed by atoms with Gasteiger partial charge in [-0.2, -0.15) is 0 Å². The van der Waals surface area contributed by atoms with E-state index in [-0.39, 0.29) is 0 Å². The first-order valence-electron chi connectivity index (χ1n) is 2.74. The number of nitrogens with zero attached hydrogens (tertiary/aromatic N) is 3. The summed E-state index contributed by atoms with van der Waals surface area (Å²) in [5.41, 5.74) is 1.51. The van der Waals surface area contributed by atoms with Gasteiger partial charge in [-0.3, -0.25) is 0 Å². The Morgan fingerprint density at radius 2 is 2.30 bits per heavy atom. The van der Waals surface area contributed by atoms with Crippen LogP contribution in [0.4, 0.5) is 0 Å². The monoisotopic (exact) mass is 141 g/mol. The van der Waals surface area contributed by atoms with Crippen molar-refractivity contribution in [2.24, 2.45) is 5.16 Å². The van der Waals surface area contributed by atoms with E-state index < -0.39 is 0 Å². The van der Waals surface area contributed by atoms with E-state index in [1.807, 2.05) is 0 Å². The van der Waals surface area contributed by atoms with Crippen molar-refractivity contribution in [1.82, 2.24) is 10.3 Å². The zero-order chi connectivity index (χ0) is 7.56. The Bertz CT molecular complexity index is 253. The summed E-state index contributed by atoms with van der Waals surface area (Å²) in [5.74, 6) is 0. The average Bonchev–Trinajstić information content (AvgIpc) is 2.34. The molecule has 0 atom stereocenters. The van der Waals surface area contributed by atoms with Crippen molar-refractivity contribution in [2.45, 2.75) is 13.8 Å². The van der Waals surface area contributed by atoms with Gasteiger partial charge in [0.2, 0.25) is 0 Å². The molecule has 0 aromatic carbocycles. The van der Waals surface area contributed by atoms with Crippen molar-refractivity contribution in [3.8, 4) is 0 Å². The van der Waals surface area contributed by atoms with Crippen molar-refractivity contribution in [3.05, 3.63) is 11.4 Å². The van der Waals surface area contributed by atoms with Crippen molar-refractivity contribution < 1.29 is 9.84 Å². The summed E-state index contributed by atoms with van der Waals surface area (Å²) < 4.78 is 4.38. The van der Waals surface area contributed by atoms with Crippen LogP contribution in [-0.2, 0) is 0 Å². The molecule has 0 radical (unpaired) electrons. The maximum atomic E-state index is 8.31. The Morgan fingerprint density at radius 3 is 2.70 bits per heavy atom. The Labute approximate surface area is 57.3 Å². The first-order valence-corrected chi connectivity index (χ1v) is 2.74. The fraction of sp³-hybridized carbons (Fsp3) is 0.400. The van der Waals surface area contributed by atoms with Gasteiger partial charge in [0.15, 0.2) is 5.69 Å². The molecule has 0 fully saturated rings. The maximum absolute atomic E-state index is 8.31. The highest BCUT2D eigenvalue weighted by molar-refractivity contribution is 5.97. The van der Waals surface area contributed by atoms with E-state index in [4.69, 9.17) is 5.21 Å². The summed E-state index contributed by atoms with van der Waals surface area (Å²) in [6, 6.07) is 0. The minimum Gasteiger partial charge on any atom is -0.411 e. The van der Waals surface area contributed by atoms with Gasteiger partial charge in [-0.25, -0.2) is 4.63 Å². The number of rotatable bonds is 1. The molecule has 1 heterocycles. The average molecular weight is 141 g/mol. The minimum absolute atomic E-state index is 0.402. The third kappa shape index (κ3) is 0.975. The van der Waals surface area contributed by atoms with Gasteiger partial charge in [0, 0.05) is 0 Å². The molecule has 0 saturated heterocycles. The molecule has 0 aliphatic heterocycles. The molecule has 10 heavy (non-hydrogen) atoms. The van der Waals surface area contributed by atoms with Crippen LogP contribution in [-0.4, -0.2) is 21.2 Å². The highest BCUT2D eigenvalue weighted by atomic mass is 16.6. The van der Waals surface area contributed by atoms with Gasteiger partial charge in [0.05, 0.1) is 0 Å². The molecule has 5 nitrogen and oxygen atoms in total. The van der Waals surface area contributed by atoms with Crippen molar-refractivity contribution >= 4 is 5.71 Å². The first-order chi connectivity index (χ1) is 4.75. The molecule has 0 aliphatic carbocycles. The fourth-order valence-corrected chi connectivity index (χ4v) is 0.607. The molecule has 1 N–H and O–H groups in total. The summed E-state index contributed by atoms with van der Waals surface area (Å²) in [7, 11) is 0. The SMILES string of the molecule is CC(=NO)c1nonc1C. The molecule has 1 rings (SSSR count). The van der Waals surface area contributed by atoms with Crippen molar-refractivity contribution in [1.29, 1.82) is 0 Å². The Morgan fingerprint density at radius 1 is 1.60 bits per heavy atom. The summed E-state index contributed by atoms with van der Waals surface area (Å²) in [5, 5.41) is 18.3. The second kappa shape index (κ2) is 2.47. The molecule has 0 amide bonds. The number of aromatic nitrogens is 2. The van der Waals surface area contributed by atoms with E-state index in [1.54, 1.807) is 13.8 Å². The van der Waals surface area contributed by atoms with Crippen LogP contribution in [0.5, 0.6) is 0 Å². The van der Waals surface area contributed by atoms with Gasteiger partial charge in [-0.1, -0.05) is 10.3 Å². The predicted molar refractivity (Wildman–Crippen MR) is 33.0 cm³/mol. The highest BCUT2D eigenvalue weighted by Crippen LogP contribution is 2.00. The van der Waals surface area contributed by atoms with E-state index in [2.05, 4.69) is 20.1 Å². The fourth-order valence-electron chi connectivity index (χ4n) is 0.607. The Hall–Kier alpha value is -1.39. The quantitative estimate of drug-likeness (QED) is 0.352. The van der Waals surface area contributed by atoms with Crippen molar-refractivity contribution in [3.63, 3.8) is 0 Å². The van der Waals surface area contributed by atoms with E-state index in [0.717, 1.165) is 0 Å². The molecule has 0 saturated carbocycles. The third-order valence-corrected chi connectivity index (χ3v) is 1.15. The predicted octanol–water partition coefficient (Wildman–Crippen LogP) is 0.576. The summed E-state index contributed by atoms with van der Waals surface area (Å²) in [4.78, 5) is 0. The topological polar surface area (TPSA) is 71.5 Å². The molecule has 0 bridgehead atoms. The van der Waals surface area contributed by atoms with E-state index >= 15 is 0 Å². The van der Waals surface area contributed by atoms with Gasteiger partial charge in [0.25, 0.3) is 0 Å². The van der Waals surface area contributed by atoms with E-state index in [0.29, 0.717) is 17.1 Å². The summed E-state index contributed by atoms with van der Waals surface area (Å²) in [6.45, 7) is 3.34. The lowest BCUT2D eigenvalue weighted by Gasteiger charge is -1.87.